The molecule has 31 heavy (non-hydrogen) atoms. The van der Waals surface area contributed by atoms with Gasteiger partial charge in [-0.25, -0.2) is 4.39 Å². The van der Waals surface area contributed by atoms with Crippen molar-refractivity contribution in [3.8, 4) is 11.8 Å². The molecule has 1 atom stereocenters. The van der Waals surface area contributed by atoms with Crippen molar-refractivity contribution >= 4 is 40.9 Å². The summed E-state index contributed by atoms with van der Waals surface area (Å²) < 4.78 is 18.7. The molecule has 0 fully saturated rings. The number of nitrogens with one attached hydrogen (secondary N) is 2. The number of hydrogen-bond acceptors (Lipinski definition) is 5. The minimum atomic E-state index is -0.580. The Balaban J connectivity index is 1.73. The van der Waals surface area contributed by atoms with Crippen LogP contribution in [-0.2, 0) is 9.59 Å². The Bertz CT molecular complexity index is 1070. The molecule has 1 aliphatic heterocycles. The number of ether oxygens (including phenoxy) is 1. The fourth-order valence-electron chi connectivity index (χ4n) is 3.09. The monoisotopic (exact) mass is 459 g/mol. The molecule has 0 saturated heterocycles. The molecule has 2 aromatic carbocycles. The zero-order valence-electron chi connectivity index (χ0n) is 16.6. The predicted molar refractivity (Wildman–Crippen MR) is 118 cm³/mol. The fraction of sp³-hybridized carbons (Fsp3) is 0.227. The number of carbonyl (C=O) groups excluding carboxylic acids is 2. The van der Waals surface area contributed by atoms with E-state index in [9.17, 15) is 19.2 Å². The molecule has 0 aromatic heterocycles. The van der Waals surface area contributed by atoms with Crippen LogP contribution in [0, 0.1) is 17.1 Å². The van der Waals surface area contributed by atoms with E-state index in [1.54, 1.807) is 12.1 Å². The summed E-state index contributed by atoms with van der Waals surface area (Å²) in [6, 6.07) is 13.3. The van der Waals surface area contributed by atoms with Gasteiger partial charge in [-0.15, -0.1) is 0 Å². The molecular weight excluding hydrogens is 441 g/mol. The van der Waals surface area contributed by atoms with Crippen LogP contribution in [0.3, 0.4) is 0 Å². The molecule has 2 N–H and O–H groups in total. The molecule has 0 spiro atoms. The number of anilines is 1. The van der Waals surface area contributed by atoms with Crippen LogP contribution in [0.5, 0.6) is 5.75 Å². The van der Waals surface area contributed by atoms with E-state index in [0.29, 0.717) is 28.6 Å². The highest BCUT2D eigenvalue weighted by Gasteiger charge is 2.30. The number of hydrogen-bond donors (Lipinski definition) is 2. The van der Waals surface area contributed by atoms with Gasteiger partial charge in [0.2, 0.25) is 11.8 Å². The highest BCUT2D eigenvalue weighted by atomic mass is 35.5. The average Bonchev–Trinajstić information content (AvgIpc) is 2.75. The van der Waals surface area contributed by atoms with Gasteiger partial charge < -0.3 is 15.4 Å². The van der Waals surface area contributed by atoms with E-state index in [1.165, 1.54) is 12.1 Å². The summed E-state index contributed by atoms with van der Waals surface area (Å²) in [6.07, 6.45) is 0.140. The van der Waals surface area contributed by atoms with E-state index in [4.69, 9.17) is 16.3 Å². The highest BCUT2D eigenvalue weighted by molar-refractivity contribution is 8.03. The molecule has 9 heteroatoms. The number of nitriles is 1. The number of benzene rings is 2. The van der Waals surface area contributed by atoms with Crippen molar-refractivity contribution < 1.29 is 18.7 Å². The van der Waals surface area contributed by atoms with Gasteiger partial charge >= 0.3 is 0 Å². The van der Waals surface area contributed by atoms with E-state index in [2.05, 4.69) is 16.7 Å². The zero-order valence-corrected chi connectivity index (χ0v) is 18.1. The standard InChI is InChI=1S/C22H19ClFN3O3S/c1-2-30-15-6-3-13(4-7-15)16-10-20(28)27-22(17(16)11-25)31-12-21(29)26-14-5-8-19(24)18(23)9-14/h3-9,16H,2,10,12H2,1H3,(H,26,29)(H,27,28)/t16-/m0/s1. The van der Waals surface area contributed by atoms with Crippen molar-refractivity contribution in [2.24, 2.45) is 0 Å². The van der Waals surface area contributed by atoms with Crippen LogP contribution in [0.1, 0.15) is 24.8 Å². The lowest BCUT2D eigenvalue weighted by molar-refractivity contribution is -0.121. The van der Waals surface area contributed by atoms with E-state index < -0.39 is 11.7 Å². The summed E-state index contributed by atoms with van der Waals surface area (Å²) in [5.74, 6) is -0.938. The second kappa shape index (κ2) is 10.3. The molecule has 0 aliphatic carbocycles. The predicted octanol–water partition coefficient (Wildman–Crippen LogP) is 4.59. The summed E-state index contributed by atoms with van der Waals surface area (Å²) in [4.78, 5) is 24.5. The molecule has 160 valence electrons. The van der Waals surface area contributed by atoms with Gasteiger partial charge in [0.1, 0.15) is 11.6 Å². The number of rotatable bonds is 7. The van der Waals surface area contributed by atoms with Crippen molar-refractivity contribution in [1.29, 1.82) is 5.26 Å². The lowest BCUT2D eigenvalue weighted by atomic mass is 9.87. The Morgan fingerprint density at radius 3 is 2.74 bits per heavy atom. The van der Waals surface area contributed by atoms with Crippen LogP contribution in [0.4, 0.5) is 10.1 Å². The van der Waals surface area contributed by atoms with Gasteiger partial charge in [-0.1, -0.05) is 35.5 Å². The van der Waals surface area contributed by atoms with Crippen LogP contribution in [0.25, 0.3) is 0 Å². The van der Waals surface area contributed by atoms with Crippen LogP contribution in [0.15, 0.2) is 53.1 Å². The minimum Gasteiger partial charge on any atom is -0.494 e. The summed E-state index contributed by atoms with van der Waals surface area (Å²) in [6.45, 7) is 2.43. The minimum absolute atomic E-state index is 0.0498. The van der Waals surface area contributed by atoms with Crippen LogP contribution in [-0.4, -0.2) is 24.2 Å². The van der Waals surface area contributed by atoms with E-state index >= 15 is 0 Å². The zero-order chi connectivity index (χ0) is 22.4. The average molecular weight is 460 g/mol. The van der Waals surface area contributed by atoms with Crippen molar-refractivity contribution in [1.82, 2.24) is 5.32 Å². The molecule has 2 amide bonds. The molecule has 0 radical (unpaired) electrons. The molecule has 6 nitrogen and oxygen atoms in total. The summed E-state index contributed by atoms with van der Waals surface area (Å²) >= 11 is 6.78. The van der Waals surface area contributed by atoms with Gasteiger partial charge in [0.25, 0.3) is 0 Å². The number of halogens is 2. The molecule has 1 aliphatic rings. The molecule has 0 unspecified atom stereocenters. The van der Waals surface area contributed by atoms with Gasteiger partial charge in [-0.2, -0.15) is 5.26 Å². The topological polar surface area (TPSA) is 91.2 Å². The maximum atomic E-state index is 13.3. The highest BCUT2D eigenvalue weighted by Crippen LogP contribution is 2.36. The van der Waals surface area contributed by atoms with Crippen LogP contribution < -0.4 is 15.4 Å². The third-order valence-corrected chi connectivity index (χ3v) is 5.81. The normalized spacial score (nSPS) is 15.8. The molecule has 3 rings (SSSR count). The van der Waals surface area contributed by atoms with Crippen LogP contribution in [0.2, 0.25) is 5.02 Å². The number of amides is 2. The molecular formula is C22H19ClFN3O3S. The Hall–Kier alpha value is -3.02. The number of carbonyl (C=O) groups is 2. The van der Waals surface area contributed by atoms with Crippen molar-refractivity contribution in [3.63, 3.8) is 0 Å². The maximum Gasteiger partial charge on any atom is 0.234 e. The van der Waals surface area contributed by atoms with Crippen molar-refractivity contribution in [3.05, 3.63) is 69.5 Å². The van der Waals surface area contributed by atoms with Crippen molar-refractivity contribution in [2.75, 3.05) is 17.7 Å². The second-order valence-electron chi connectivity index (χ2n) is 6.63. The van der Waals surface area contributed by atoms with Gasteiger partial charge in [0, 0.05) is 18.0 Å². The first-order chi connectivity index (χ1) is 14.9. The van der Waals surface area contributed by atoms with Gasteiger partial charge in [0.05, 0.1) is 34.1 Å². The Labute approximate surface area is 188 Å². The SMILES string of the molecule is CCOc1ccc([C@@H]2CC(=O)NC(SCC(=O)Nc3ccc(F)c(Cl)c3)=C2C#N)cc1. The Kier molecular flexibility index (Phi) is 7.55. The van der Waals surface area contributed by atoms with E-state index in [-0.39, 0.29) is 29.0 Å². The Morgan fingerprint density at radius 1 is 1.35 bits per heavy atom. The molecule has 0 bridgehead atoms. The van der Waals surface area contributed by atoms with Crippen LogP contribution >= 0.6 is 23.4 Å². The first kappa shape index (κ1) is 22.7. The smallest absolute Gasteiger partial charge is 0.234 e. The number of thioether (sulfide) groups is 1. The molecule has 0 saturated carbocycles. The number of allylic oxidation sites excluding steroid dienone is 1. The molecule has 1 heterocycles. The van der Waals surface area contributed by atoms with E-state index in [1.807, 2.05) is 19.1 Å². The summed E-state index contributed by atoms with van der Waals surface area (Å²) in [5, 5.41) is 15.3. The third-order valence-electron chi connectivity index (χ3n) is 4.50. The molecule has 2 aromatic rings. The van der Waals surface area contributed by atoms with Gasteiger partial charge in [-0.3, -0.25) is 9.59 Å². The fourth-order valence-corrected chi connectivity index (χ4v) is 4.15. The largest absolute Gasteiger partial charge is 0.494 e. The summed E-state index contributed by atoms with van der Waals surface area (Å²) in [5.41, 5.74) is 1.57. The quantitative estimate of drug-likeness (QED) is 0.632. The van der Waals surface area contributed by atoms with Gasteiger partial charge in [0.15, 0.2) is 0 Å². The summed E-state index contributed by atoms with van der Waals surface area (Å²) in [7, 11) is 0. The number of nitrogens with zero attached hydrogens (tertiary/aromatic N) is 1. The third kappa shape index (κ3) is 5.78. The lowest BCUT2D eigenvalue weighted by Crippen LogP contribution is -2.31. The maximum absolute atomic E-state index is 13.3. The van der Waals surface area contributed by atoms with Gasteiger partial charge in [-0.05, 0) is 42.8 Å². The second-order valence-corrected chi connectivity index (χ2v) is 8.02. The first-order valence-electron chi connectivity index (χ1n) is 9.45. The Morgan fingerprint density at radius 2 is 2.10 bits per heavy atom. The van der Waals surface area contributed by atoms with Crippen molar-refractivity contribution in [2.45, 2.75) is 19.3 Å². The van der Waals surface area contributed by atoms with E-state index in [0.717, 1.165) is 23.4 Å². The lowest BCUT2D eigenvalue weighted by Gasteiger charge is -2.25. The first-order valence-corrected chi connectivity index (χ1v) is 10.8.